The second kappa shape index (κ2) is 5.12. The van der Waals surface area contributed by atoms with E-state index >= 15 is 0 Å². The lowest BCUT2D eigenvalue weighted by molar-refractivity contribution is -0.149. The summed E-state index contributed by atoms with van der Waals surface area (Å²) in [6.45, 7) is 2.42. The van der Waals surface area contributed by atoms with E-state index in [0.29, 0.717) is 5.56 Å². The van der Waals surface area contributed by atoms with Gasteiger partial charge in [-0.05, 0) is 13.0 Å². The van der Waals surface area contributed by atoms with Gasteiger partial charge < -0.3 is 14.6 Å². The normalized spacial score (nSPS) is 21.5. The smallest absolute Gasteiger partial charge is 0.343 e. The lowest BCUT2D eigenvalue weighted by atomic mass is 10.1. The van der Waals surface area contributed by atoms with Gasteiger partial charge >= 0.3 is 5.97 Å². The van der Waals surface area contributed by atoms with Gasteiger partial charge in [-0.3, -0.25) is 4.79 Å². The fourth-order valence-electron chi connectivity index (χ4n) is 2.97. The van der Waals surface area contributed by atoms with Crippen molar-refractivity contribution in [3.8, 4) is 0 Å². The zero-order valence-corrected chi connectivity index (χ0v) is 12.3. The summed E-state index contributed by atoms with van der Waals surface area (Å²) < 4.78 is 16.1. The first-order valence-corrected chi connectivity index (χ1v) is 7.26. The number of carboxylic acid groups (broad SMARTS) is 1. The number of para-hydroxylation sites is 1. The molecule has 0 spiro atoms. The minimum absolute atomic E-state index is 0.118. The topological polar surface area (TPSA) is 62.5 Å². The fraction of sp³-hybridized carbons (Fsp3) is 0.375. The molecule has 1 aliphatic rings. The molecule has 1 aliphatic heterocycles. The van der Waals surface area contributed by atoms with Crippen LogP contribution >= 0.6 is 0 Å². The monoisotopic (exact) mass is 304 g/mol. The van der Waals surface area contributed by atoms with Crippen molar-refractivity contribution in [1.82, 2.24) is 9.47 Å². The lowest BCUT2D eigenvalue weighted by Crippen LogP contribution is -2.38. The van der Waals surface area contributed by atoms with Crippen molar-refractivity contribution in [3.63, 3.8) is 0 Å². The van der Waals surface area contributed by atoms with Crippen LogP contribution in [0.25, 0.3) is 10.9 Å². The van der Waals surface area contributed by atoms with Crippen LogP contribution in [0.4, 0.5) is 4.39 Å². The zero-order chi connectivity index (χ0) is 15.9. The molecule has 1 saturated heterocycles. The quantitative estimate of drug-likeness (QED) is 0.946. The highest BCUT2D eigenvalue weighted by Crippen LogP contribution is 2.29. The highest BCUT2D eigenvalue weighted by molar-refractivity contribution is 6.07. The molecule has 2 aromatic rings. The number of hydrogen-bond acceptors (Lipinski definition) is 2. The van der Waals surface area contributed by atoms with Crippen molar-refractivity contribution in [2.24, 2.45) is 0 Å². The van der Waals surface area contributed by atoms with Gasteiger partial charge in [-0.25, -0.2) is 9.18 Å². The predicted molar refractivity (Wildman–Crippen MR) is 79.6 cm³/mol. The van der Waals surface area contributed by atoms with E-state index in [1.54, 1.807) is 6.20 Å². The van der Waals surface area contributed by atoms with Gasteiger partial charge in [0.15, 0.2) is 0 Å². The molecular formula is C16H17FN2O3. The van der Waals surface area contributed by atoms with E-state index in [-0.39, 0.29) is 18.9 Å². The number of halogens is 1. The minimum atomic E-state index is -2.33. The number of fused-ring (bicyclic) bond motifs is 1. The van der Waals surface area contributed by atoms with Gasteiger partial charge in [0.1, 0.15) is 0 Å². The Hall–Kier alpha value is -2.37. The Morgan fingerprint density at radius 1 is 1.36 bits per heavy atom. The van der Waals surface area contributed by atoms with Crippen LogP contribution in [0.15, 0.2) is 30.5 Å². The Morgan fingerprint density at radius 3 is 2.73 bits per heavy atom. The van der Waals surface area contributed by atoms with E-state index in [1.807, 2.05) is 35.8 Å². The van der Waals surface area contributed by atoms with Crippen molar-refractivity contribution in [3.05, 3.63) is 36.0 Å². The summed E-state index contributed by atoms with van der Waals surface area (Å²) in [5.74, 6) is -1.82. The Bertz CT molecular complexity index is 755. The molecule has 3 rings (SSSR count). The number of carboxylic acids is 1. The van der Waals surface area contributed by atoms with Gasteiger partial charge in [-0.2, -0.15) is 0 Å². The highest BCUT2D eigenvalue weighted by Gasteiger charge is 2.47. The number of aryl methyl sites for hydroxylation is 1. The molecule has 1 atom stereocenters. The molecule has 5 nitrogen and oxygen atoms in total. The van der Waals surface area contributed by atoms with Crippen LogP contribution in [-0.4, -0.2) is 45.2 Å². The molecule has 0 aliphatic carbocycles. The number of nitrogens with zero attached hydrogens (tertiary/aromatic N) is 2. The number of alkyl halides is 1. The van der Waals surface area contributed by atoms with Gasteiger partial charge in [0.05, 0.1) is 12.1 Å². The van der Waals surface area contributed by atoms with Crippen LogP contribution in [0.5, 0.6) is 0 Å². The molecule has 0 bridgehead atoms. The summed E-state index contributed by atoms with van der Waals surface area (Å²) in [4.78, 5) is 24.9. The second-order valence-corrected chi connectivity index (χ2v) is 5.59. The van der Waals surface area contributed by atoms with Crippen LogP contribution in [0.1, 0.15) is 23.7 Å². The first kappa shape index (κ1) is 14.6. The van der Waals surface area contributed by atoms with Crippen molar-refractivity contribution >= 4 is 22.8 Å². The average Bonchev–Trinajstić information content (AvgIpc) is 3.09. The summed E-state index contributed by atoms with van der Waals surface area (Å²) >= 11 is 0. The third-order valence-electron chi connectivity index (χ3n) is 4.25. The Kier molecular flexibility index (Phi) is 3.39. The number of aromatic nitrogens is 1. The van der Waals surface area contributed by atoms with E-state index in [0.717, 1.165) is 17.4 Å². The first-order valence-electron chi connectivity index (χ1n) is 7.26. The lowest BCUT2D eigenvalue weighted by Gasteiger charge is -2.17. The second-order valence-electron chi connectivity index (χ2n) is 5.59. The highest BCUT2D eigenvalue weighted by atomic mass is 19.1. The molecule has 1 aromatic carbocycles. The molecule has 1 amide bonds. The van der Waals surface area contributed by atoms with Crippen LogP contribution < -0.4 is 0 Å². The Balaban J connectivity index is 1.95. The summed E-state index contributed by atoms with van der Waals surface area (Å²) in [6, 6.07) is 7.52. The Labute approximate surface area is 126 Å². The molecule has 0 radical (unpaired) electrons. The van der Waals surface area contributed by atoms with Crippen molar-refractivity contribution in [2.75, 3.05) is 13.1 Å². The predicted octanol–water partition coefficient (Wildman–Crippen LogP) is 2.30. The third kappa shape index (κ3) is 2.15. The SMILES string of the molecule is CCn1cc(C(=O)N2CCC(F)(C(=O)O)C2)c2ccccc21. The minimum Gasteiger partial charge on any atom is -0.479 e. The number of rotatable bonds is 3. The summed E-state index contributed by atoms with van der Waals surface area (Å²) in [6.07, 6.45) is 1.59. The number of carbonyl (C=O) groups is 2. The summed E-state index contributed by atoms with van der Waals surface area (Å²) in [5, 5.41) is 9.75. The van der Waals surface area contributed by atoms with Crippen LogP contribution in [0.2, 0.25) is 0 Å². The maximum Gasteiger partial charge on any atom is 0.343 e. The van der Waals surface area contributed by atoms with E-state index in [1.165, 1.54) is 4.90 Å². The van der Waals surface area contributed by atoms with Gasteiger partial charge in [-0.15, -0.1) is 0 Å². The van der Waals surface area contributed by atoms with Gasteiger partial charge in [-0.1, -0.05) is 18.2 Å². The number of hydrogen-bond donors (Lipinski definition) is 1. The van der Waals surface area contributed by atoms with Crippen molar-refractivity contribution < 1.29 is 19.1 Å². The number of amides is 1. The van der Waals surface area contributed by atoms with E-state index in [9.17, 15) is 14.0 Å². The van der Waals surface area contributed by atoms with Gasteiger partial charge in [0.25, 0.3) is 5.91 Å². The number of carbonyl (C=O) groups excluding carboxylic acids is 1. The van der Waals surface area contributed by atoms with E-state index in [4.69, 9.17) is 5.11 Å². The number of benzene rings is 1. The average molecular weight is 304 g/mol. The van der Waals surface area contributed by atoms with E-state index < -0.39 is 18.2 Å². The van der Waals surface area contributed by atoms with Crippen LogP contribution in [-0.2, 0) is 11.3 Å². The first-order chi connectivity index (χ1) is 10.5. The van der Waals surface area contributed by atoms with Crippen LogP contribution in [0, 0.1) is 0 Å². The zero-order valence-electron chi connectivity index (χ0n) is 12.3. The van der Waals surface area contributed by atoms with Crippen molar-refractivity contribution in [1.29, 1.82) is 0 Å². The molecule has 1 fully saturated rings. The molecule has 1 aromatic heterocycles. The standard InChI is InChI=1S/C16H17FN2O3/c1-2-18-9-12(11-5-3-4-6-13(11)18)14(20)19-8-7-16(17,10-19)15(21)22/h3-6,9H,2,7-8,10H2,1H3,(H,21,22). The molecule has 6 heteroatoms. The molecular weight excluding hydrogens is 287 g/mol. The molecule has 1 N–H and O–H groups in total. The van der Waals surface area contributed by atoms with Gasteiger partial charge in [0.2, 0.25) is 5.67 Å². The molecule has 2 heterocycles. The number of aliphatic carboxylic acids is 1. The molecule has 22 heavy (non-hydrogen) atoms. The van der Waals surface area contributed by atoms with Crippen molar-refractivity contribution in [2.45, 2.75) is 25.6 Å². The Morgan fingerprint density at radius 2 is 2.09 bits per heavy atom. The molecule has 1 unspecified atom stereocenters. The summed E-state index contributed by atoms with van der Waals surface area (Å²) in [7, 11) is 0. The maximum atomic E-state index is 14.1. The fourth-order valence-corrected chi connectivity index (χ4v) is 2.97. The molecule has 116 valence electrons. The third-order valence-corrected chi connectivity index (χ3v) is 4.25. The largest absolute Gasteiger partial charge is 0.479 e. The van der Waals surface area contributed by atoms with E-state index in [2.05, 4.69) is 0 Å². The summed E-state index contributed by atoms with van der Waals surface area (Å²) in [5.41, 5.74) is -0.900. The van der Waals surface area contributed by atoms with Gasteiger partial charge in [0, 0.05) is 36.6 Å². The maximum absolute atomic E-state index is 14.1. The molecule has 0 saturated carbocycles. The van der Waals surface area contributed by atoms with Crippen LogP contribution in [0.3, 0.4) is 0 Å². The number of likely N-dealkylation sites (tertiary alicyclic amines) is 1.